The Morgan fingerprint density at radius 3 is 2.36 bits per heavy atom. The fourth-order valence-electron chi connectivity index (χ4n) is 1.40. The third-order valence-corrected chi connectivity index (χ3v) is 2.88. The molecule has 0 aromatic rings. The molecule has 0 saturated carbocycles. The fraction of sp³-hybridized carbons (Fsp3) is 0.778. The van der Waals surface area contributed by atoms with E-state index < -0.39 is 0 Å². The van der Waals surface area contributed by atoms with Gasteiger partial charge in [-0.05, 0) is 18.8 Å². The molecule has 0 spiro atoms. The molecule has 0 amide bonds. The number of nitrogens with zero attached hydrogens (tertiary/aromatic N) is 1. The van der Waals surface area contributed by atoms with Crippen LogP contribution in [0, 0.1) is 5.92 Å². The van der Waals surface area contributed by atoms with E-state index in [1.807, 2.05) is 0 Å². The number of halogens is 1. The van der Waals surface area contributed by atoms with Crippen molar-refractivity contribution < 1.29 is 0 Å². The van der Waals surface area contributed by atoms with E-state index in [0.717, 1.165) is 5.92 Å². The van der Waals surface area contributed by atoms with E-state index in [9.17, 15) is 0 Å². The maximum Gasteiger partial charge on any atom is 0.0201 e. The van der Waals surface area contributed by atoms with Gasteiger partial charge in [-0.15, -0.1) is 0 Å². The standard InChI is InChI=1S/C9H16IN/c1-8(2)7-9-3-5-11(10)6-4-9/h7-8H,3-6H2,1-2H3. The van der Waals surface area contributed by atoms with Crippen molar-refractivity contribution >= 4 is 22.9 Å². The van der Waals surface area contributed by atoms with Crippen molar-refractivity contribution in [3.63, 3.8) is 0 Å². The van der Waals surface area contributed by atoms with Crippen molar-refractivity contribution in [2.45, 2.75) is 26.7 Å². The van der Waals surface area contributed by atoms with Crippen LogP contribution in [-0.4, -0.2) is 16.2 Å². The molecule has 0 unspecified atom stereocenters. The van der Waals surface area contributed by atoms with Gasteiger partial charge in [0.25, 0.3) is 0 Å². The van der Waals surface area contributed by atoms with Crippen molar-refractivity contribution in [2.75, 3.05) is 13.1 Å². The summed E-state index contributed by atoms with van der Waals surface area (Å²) in [5.74, 6) is 0.728. The van der Waals surface area contributed by atoms with Crippen LogP contribution in [0.5, 0.6) is 0 Å². The van der Waals surface area contributed by atoms with Gasteiger partial charge in [0, 0.05) is 36.0 Å². The Kier molecular flexibility index (Phi) is 3.85. The van der Waals surface area contributed by atoms with Crippen LogP contribution in [0.1, 0.15) is 26.7 Å². The predicted octanol–water partition coefficient (Wildman–Crippen LogP) is 3.01. The Morgan fingerprint density at radius 2 is 1.91 bits per heavy atom. The van der Waals surface area contributed by atoms with E-state index in [-0.39, 0.29) is 0 Å². The quantitative estimate of drug-likeness (QED) is 0.400. The van der Waals surface area contributed by atoms with Gasteiger partial charge in [0.05, 0.1) is 0 Å². The van der Waals surface area contributed by atoms with Crippen LogP contribution in [0.2, 0.25) is 0 Å². The van der Waals surface area contributed by atoms with Gasteiger partial charge in [-0.3, -0.25) is 0 Å². The number of piperidine rings is 1. The minimum absolute atomic E-state index is 0.728. The minimum Gasteiger partial charge on any atom is -0.247 e. The highest BCUT2D eigenvalue weighted by molar-refractivity contribution is 14.1. The van der Waals surface area contributed by atoms with Crippen LogP contribution < -0.4 is 0 Å². The molecule has 1 heterocycles. The van der Waals surface area contributed by atoms with Crippen molar-refractivity contribution in [1.82, 2.24) is 3.11 Å². The highest BCUT2D eigenvalue weighted by atomic mass is 127. The zero-order chi connectivity index (χ0) is 8.27. The maximum absolute atomic E-state index is 2.42. The largest absolute Gasteiger partial charge is 0.247 e. The molecule has 0 aromatic heterocycles. The highest BCUT2D eigenvalue weighted by Gasteiger charge is 2.10. The van der Waals surface area contributed by atoms with Crippen molar-refractivity contribution in [2.24, 2.45) is 5.92 Å². The molecule has 0 radical (unpaired) electrons. The highest BCUT2D eigenvalue weighted by Crippen LogP contribution is 2.19. The minimum atomic E-state index is 0.728. The Bertz CT molecular complexity index is 142. The van der Waals surface area contributed by atoms with Crippen molar-refractivity contribution in [3.05, 3.63) is 11.6 Å². The lowest BCUT2D eigenvalue weighted by atomic mass is 10.0. The molecular formula is C9H16IN. The van der Waals surface area contributed by atoms with Gasteiger partial charge in [0.1, 0.15) is 0 Å². The molecule has 11 heavy (non-hydrogen) atoms. The third kappa shape index (κ3) is 3.56. The topological polar surface area (TPSA) is 3.24 Å². The van der Waals surface area contributed by atoms with Gasteiger partial charge in [-0.2, -0.15) is 0 Å². The lowest BCUT2D eigenvalue weighted by molar-refractivity contribution is 0.464. The average molecular weight is 265 g/mol. The fourth-order valence-corrected chi connectivity index (χ4v) is 1.89. The van der Waals surface area contributed by atoms with Crippen LogP contribution in [-0.2, 0) is 0 Å². The molecule has 1 saturated heterocycles. The van der Waals surface area contributed by atoms with E-state index in [4.69, 9.17) is 0 Å². The van der Waals surface area contributed by atoms with Crippen LogP contribution in [0.15, 0.2) is 11.6 Å². The number of rotatable bonds is 1. The predicted molar refractivity (Wildman–Crippen MR) is 57.7 cm³/mol. The van der Waals surface area contributed by atoms with Crippen LogP contribution in [0.25, 0.3) is 0 Å². The normalized spacial score (nSPS) is 20.9. The summed E-state index contributed by atoms with van der Waals surface area (Å²) < 4.78 is 2.37. The van der Waals surface area contributed by atoms with E-state index in [2.05, 4.69) is 45.9 Å². The summed E-state index contributed by atoms with van der Waals surface area (Å²) in [5.41, 5.74) is 1.66. The first-order valence-corrected chi connectivity index (χ1v) is 5.25. The third-order valence-electron chi connectivity index (χ3n) is 1.92. The molecule has 1 aliphatic rings. The summed E-state index contributed by atoms with van der Waals surface area (Å²) in [5, 5.41) is 0. The van der Waals surface area contributed by atoms with Gasteiger partial charge in [-0.1, -0.05) is 25.5 Å². The number of hydrogen-bond donors (Lipinski definition) is 0. The SMILES string of the molecule is CC(C)C=C1CCN(I)CC1. The van der Waals surface area contributed by atoms with Crippen molar-refractivity contribution in [1.29, 1.82) is 0 Å². The zero-order valence-corrected chi connectivity index (χ0v) is 9.47. The van der Waals surface area contributed by atoms with E-state index in [1.54, 1.807) is 5.57 Å². The summed E-state index contributed by atoms with van der Waals surface area (Å²) >= 11 is 2.41. The Morgan fingerprint density at radius 1 is 1.36 bits per heavy atom. The molecule has 0 atom stereocenters. The van der Waals surface area contributed by atoms with Crippen LogP contribution >= 0.6 is 22.9 Å². The Labute approximate surface area is 83.3 Å². The molecule has 64 valence electrons. The second kappa shape index (κ2) is 4.45. The second-order valence-electron chi connectivity index (χ2n) is 3.48. The molecular weight excluding hydrogens is 249 g/mol. The number of allylic oxidation sites excluding steroid dienone is 1. The molecule has 0 bridgehead atoms. The first-order valence-electron chi connectivity index (χ1n) is 4.29. The van der Waals surface area contributed by atoms with Crippen molar-refractivity contribution in [3.8, 4) is 0 Å². The van der Waals surface area contributed by atoms with Gasteiger partial charge in [-0.25, -0.2) is 3.11 Å². The smallest absolute Gasteiger partial charge is 0.0201 e. The molecule has 1 rings (SSSR count). The lowest BCUT2D eigenvalue weighted by Crippen LogP contribution is -2.21. The first kappa shape index (κ1) is 9.52. The van der Waals surface area contributed by atoms with Crippen LogP contribution in [0.4, 0.5) is 0 Å². The summed E-state index contributed by atoms with van der Waals surface area (Å²) in [4.78, 5) is 0. The molecule has 0 aliphatic carbocycles. The average Bonchev–Trinajstić information content (AvgIpc) is 1.93. The molecule has 0 aromatic carbocycles. The first-order chi connectivity index (χ1) is 5.18. The monoisotopic (exact) mass is 265 g/mol. The van der Waals surface area contributed by atoms with E-state index >= 15 is 0 Å². The molecule has 1 nitrogen and oxygen atoms in total. The molecule has 1 fully saturated rings. The maximum atomic E-state index is 2.42. The summed E-state index contributed by atoms with van der Waals surface area (Å²) in [7, 11) is 0. The zero-order valence-electron chi connectivity index (χ0n) is 7.31. The molecule has 2 heteroatoms. The van der Waals surface area contributed by atoms with Gasteiger partial charge < -0.3 is 0 Å². The summed E-state index contributed by atoms with van der Waals surface area (Å²) in [6.07, 6.45) is 4.98. The summed E-state index contributed by atoms with van der Waals surface area (Å²) in [6, 6.07) is 0. The van der Waals surface area contributed by atoms with Crippen LogP contribution in [0.3, 0.4) is 0 Å². The lowest BCUT2D eigenvalue weighted by Gasteiger charge is -2.22. The number of hydrogen-bond acceptors (Lipinski definition) is 1. The van der Waals surface area contributed by atoms with Gasteiger partial charge in [0.2, 0.25) is 0 Å². The van der Waals surface area contributed by atoms with E-state index in [0.29, 0.717) is 0 Å². The Balaban J connectivity index is 2.38. The van der Waals surface area contributed by atoms with Gasteiger partial charge >= 0.3 is 0 Å². The Hall–Kier alpha value is 0.430. The van der Waals surface area contributed by atoms with Gasteiger partial charge in [0.15, 0.2) is 0 Å². The molecule has 1 aliphatic heterocycles. The van der Waals surface area contributed by atoms with E-state index in [1.165, 1.54) is 25.9 Å². The summed E-state index contributed by atoms with van der Waals surface area (Å²) in [6.45, 7) is 6.98. The molecule has 0 N–H and O–H groups in total. The second-order valence-corrected chi connectivity index (χ2v) is 4.84.